The molecule has 1 aromatic rings. The fourth-order valence-electron chi connectivity index (χ4n) is 4.74. The molecule has 3 N–H and O–H groups in total. The van der Waals surface area contributed by atoms with Gasteiger partial charge in [-0.15, -0.1) is 0 Å². The van der Waals surface area contributed by atoms with Crippen molar-refractivity contribution in [3.8, 4) is 0 Å². The summed E-state index contributed by atoms with van der Waals surface area (Å²) in [5.74, 6) is 0.711. The molecule has 3 fully saturated rings. The van der Waals surface area contributed by atoms with Crippen LogP contribution in [0.3, 0.4) is 0 Å². The first-order valence-electron chi connectivity index (χ1n) is 8.80. The number of anilines is 1. The van der Waals surface area contributed by atoms with Crippen LogP contribution in [0.25, 0.3) is 0 Å². The lowest BCUT2D eigenvalue weighted by molar-refractivity contribution is -0.247. The number of fused-ring (bicyclic) bond motifs is 2. The number of aliphatic hydroxyl groups excluding tert-OH is 1. The summed E-state index contributed by atoms with van der Waals surface area (Å²) in [5.41, 5.74) is 1.42. The van der Waals surface area contributed by atoms with Gasteiger partial charge >= 0.3 is 0 Å². The van der Waals surface area contributed by atoms with Gasteiger partial charge in [-0.25, -0.2) is 0 Å². The van der Waals surface area contributed by atoms with Crippen molar-refractivity contribution in [2.24, 2.45) is 17.3 Å². The molecule has 0 saturated heterocycles. The third-order valence-corrected chi connectivity index (χ3v) is 6.46. The highest BCUT2D eigenvalue weighted by Gasteiger charge is 2.64. The van der Waals surface area contributed by atoms with Gasteiger partial charge in [-0.3, -0.25) is 0 Å². The van der Waals surface area contributed by atoms with E-state index in [1.54, 1.807) is 0 Å². The standard InChI is InChI=1S/C20H31NO2/c1-18(2,3)14-8-6-7-9-15(14)21-12-20(23)16-10-13(11-17(20)22)19(16,4)5/h6-9,13,16-17,21-23H,10-12H2,1-5H3/t13-,16-,17+,20-/m1/s1. The summed E-state index contributed by atoms with van der Waals surface area (Å²) in [7, 11) is 0. The Balaban J connectivity index is 1.81. The lowest BCUT2D eigenvalue weighted by atomic mass is 9.43. The Morgan fingerprint density at radius 3 is 2.43 bits per heavy atom. The second-order valence-corrected chi connectivity index (χ2v) is 9.20. The molecule has 23 heavy (non-hydrogen) atoms. The van der Waals surface area contributed by atoms with Crippen molar-refractivity contribution < 1.29 is 10.2 Å². The van der Waals surface area contributed by atoms with Crippen molar-refractivity contribution in [2.75, 3.05) is 11.9 Å². The Kier molecular flexibility index (Phi) is 3.81. The van der Waals surface area contributed by atoms with Gasteiger partial charge in [0.25, 0.3) is 0 Å². The van der Waals surface area contributed by atoms with E-state index in [0.29, 0.717) is 18.9 Å². The van der Waals surface area contributed by atoms with Crippen molar-refractivity contribution in [1.82, 2.24) is 0 Å². The molecule has 128 valence electrons. The van der Waals surface area contributed by atoms with Gasteiger partial charge in [-0.2, -0.15) is 0 Å². The zero-order valence-electron chi connectivity index (χ0n) is 15.1. The van der Waals surface area contributed by atoms with Gasteiger partial charge in [-0.05, 0) is 47.1 Å². The molecule has 3 aliphatic rings. The first-order valence-corrected chi connectivity index (χ1v) is 8.80. The van der Waals surface area contributed by atoms with Crippen molar-refractivity contribution >= 4 is 5.69 Å². The van der Waals surface area contributed by atoms with Crippen LogP contribution in [0.15, 0.2) is 24.3 Å². The predicted molar refractivity (Wildman–Crippen MR) is 94.6 cm³/mol. The summed E-state index contributed by atoms with van der Waals surface area (Å²) in [4.78, 5) is 0. The van der Waals surface area contributed by atoms with Crippen LogP contribution < -0.4 is 5.32 Å². The Labute approximate surface area is 140 Å². The van der Waals surface area contributed by atoms with Crippen LogP contribution in [0.1, 0.15) is 53.0 Å². The average molecular weight is 317 g/mol. The van der Waals surface area contributed by atoms with Crippen LogP contribution in [-0.2, 0) is 5.41 Å². The van der Waals surface area contributed by atoms with E-state index in [1.165, 1.54) is 5.56 Å². The Bertz CT molecular complexity index is 590. The minimum absolute atomic E-state index is 0.0399. The molecule has 0 radical (unpaired) electrons. The second kappa shape index (κ2) is 5.22. The summed E-state index contributed by atoms with van der Waals surface area (Å²) in [6, 6.07) is 8.26. The van der Waals surface area contributed by atoms with Crippen molar-refractivity contribution in [3.63, 3.8) is 0 Å². The van der Waals surface area contributed by atoms with Crippen LogP contribution in [0.5, 0.6) is 0 Å². The van der Waals surface area contributed by atoms with Crippen LogP contribution in [0.2, 0.25) is 0 Å². The van der Waals surface area contributed by atoms with E-state index >= 15 is 0 Å². The number of hydrogen-bond acceptors (Lipinski definition) is 3. The normalized spacial score (nSPS) is 35.5. The lowest BCUT2D eigenvalue weighted by Gasteiger charge is -2.65. The van der Waals surface area contributed by atoms with E-state index in [-0.39, 0.29) is 16.7 Å². The topological polar surface area (TPSA) is 52.5 Å². The Hall–Kier alpha value is -1.06. The van der Waals surface area contributed by atoms with Crippen LogP contribution in [0, 0.1) is 17.3 Å². The minimum Gasteiger partial charge on any atom is -0.390 e. The molecule has 3 aliphatic carbocycles. The molecule has 4 atom stereocenters. The monoisotopic (exact) mass is 317 g/mol. The average Bonchev–Trinajstić information content (AvgIpc) is 2.47. The number of nitrogens with one attached hydrogen (secondary N) is 1. The highest BCUT2D eigenvalue weighted by molar-refractivity contribution is 5.54. The highest BCUT2D eigenvalue weighted by Crippen LogP contribution is 2.62. The number of aliphatic hydroxyl groups is 2. The van der Waals surface area contributed by atoms with Gasteiger partial charge < -0.3 is 15.5 Å². The van der Waals surface area contributed by atoms with Crippen molar-refractivity contribution in [3.05, 3.63) is 29.8 Å². The van der Waals surface area contributed by atoms with Crippen LogP contribution >= 0.6 is 0 Å². The van der Waals surface area contributed by atoms with E-state index in [0.717, 1.165) is 12.1 Å². The van der Waals surface area contributed by atoms with Gasteiger partial charge in [0, 0.05) is 12.2 Å². The summed E-state index contributed by atoms with van der Waals surface area (Å²) in [6.07, 6.45) is 1.11. The number of rotatable bonds is 3. The molecule has 1 aromatic carbocycles. The molecule has 0 amide bonds. The molecule has 2 bridgehead atoms. The van der Waals surface area contributed by atoms with Gasteiger partial charge in [0.1, 0.15) is 5.60 Å². The predicted octanol–water partition coefficient (Wildman–Crippen LogP) is 3.55. The third kappa shape index (κ3) is 2.58. The first-order chi connectivity index (χ1) is 10.6. The maximum atomic E-state index is 11.2. The van der Waals surface area contributed by atoms with E-state index in [9.17, 15) is 10.2 Å². The van der Waals surface area contributed by atoms with E-state index in [1.807, 2.05) is 6.07 Å². The molecule has 0 heterocycles. The highest BCUT2D eigenvalue weighted by atomic mass is 16.3. The zero-order chi connectivity index (χ0) is 17.0. The number of hydrogen-bond donors (Lipinski definition) is 3. The molecule has 0 unspecified atom stereocenters. The number of para-hydroxylation sites is 1. The van der Waals surface area contributed by atoms with Gasteiger partial charge in [0.2, 0.25) is 0 Å². The van der Waals surface area contributed by atoms with Crippen LogP contribution in [-0.4, -0.2) is 28.5 Å². The smallest absolute Gasteiger partial charge is 0.111 e. The molecule has 0 aromatic heterocycles. The molecular weight excluding hydrogens is 286 g/mol. The maximum absolute atomic E-state index is 11.2. The molecular formula is C20H31NO2. The maximum Gasteiger partial charge on any atom is 0.111 e. The first kappa shape index (κ1) is 16.8. The van der Waals surface area contributed by atoms with Gasteiger partial charge in [0.15, 0.2) is 0 Å². The SMILES string of the molecule is CC(C)(C)c1ccccc1NC[C@@]1(O)[C@@H]2C[C@H](C[C@@H]1O)C2(C)C. The molecule has 0 spiro atoms. The summed E-state index contributed by atoms with van der Waals surface area (Å²) >= 11 is 0. The zero-order valence-corrected chi connectivity index (χ0v) is 15.1. The molecule has 0 aliphatic heterocycles. The molecule has 4 rings (SSSR count). The fourth-order valence-corrected chi connectivity index (χ4v) is 4.74. The van der Waals surface area contributed by atoms with Gasteiger partial charge in [0.05, 0.1) is 6.10 Å². The van der Waals surface area contributed by atoms with Crippen molar-refractivity contribution in [1.29, 1.82) is 0 Å². The largest absolute Gasteiger partial charge is 0.390 e. The van der Waals surface area contributed by atoms with E-state index in [4.69, 9.17) is 0 Å². The van der Waals surface area contributed by atoms with Crippen molar-refractivity contribution in [2.45, 2.75) is 64.6 Å². The Morgan fingerprint density at radius 1 is 1.17 bits per heavy atom. The second-order valence-electron chi connectivity index (χ2n) is 9.20. The van der Waals surface area contributed by atoms with E-state index in [2.05, 4.69) is 58.1 Å². The van der Waals surface area contributed by atoms with E-state index < -0.39 is 11.7 Å². The van der Waals surface area contributed by atoms with Crippen LogP contribution in [0.4, 0.5) is 5.69 Å². The summed E-state index contributed by atoms with van der Waals surface area (Å²) in [6.45, 7) is 11.4. The minimum atomic E-state index is -1.04. The van der Waals surface area contributed by atoms with Gasteiger partial charge in [-0.1, -0.05) is 52.8 Å². The third-order valence-electron chi connectivity index (χ3n) is 6.46. The summed E-state index contributed by atoms with van der Waals surface area (Å²) < 4.78 is 0. The number of benzene rings is 1. The summed E-state index contributed by atoms with van der Waals surface area (Å²) in [5, 5.41) is 25.1. The molecule has 3 saturated carbocycles. The quantitative estimate of drug-likeness (QED) is 0.799. The lowest BCUT2D eigenvalue weighted by Crippen LogP contribution is -2.69. The molecule has 3 nitrogen and oxygen atoms in total. The Morgan fingerprint density at radius 2 is 1.83 bits per heavy atom. The molecule has 3 heteroatoms. The fraction of sp³-hybridized carbons (Fsp3) is 0.700.